The van der Waals surface area contributed by atoms with Crippen molar-refractivity contribution in [3.05, 3.63) is 0 Å². The van der Waals surface area contributed by atoms with Crippen LogP contribution in [0.25, 0.3) is 0 Å². The van der Waals surface area contributed by atoms with Gasteiger partial charge < -0.3 is 4.90 Å². The van der Waals surface area contributed by atoms with Crippen LogP contribution in [0.5, 0.6) is 0 Å². The molecule has 0 saturated carbocycles. The predicted molar refractivity (Wildman–Crippen MR) is 133 cm³/mol. The third-order valence-corrected chi connectivity index (χ3v) is 5.30. The van der Waals surface area contributed by atoms with Gasteiger partial charge in [0.05, 0.1) is 12.1 Å². The molecule has 0 N–H and O–H groups in total. The Kier molecular flexibility index (Phi) is 15.5. The molecule has 0 unspecified atom stereocenters. The standard InChI is InChI=1S/C12H20N2O.C12H19NO.2CH4/c1-11(2)12(15)5-4-6-14-9-7-13(3)8-10-14;1-10(2)11(14)6-7-12(3,4)13-8-5-9-13;;/h11H,6-10H2,1-3H3;10H,5,8-9H2,1-4H3;2*1H4. The molecule has 2 fully saturated rings. The van der Waals surface area contributed by atoms with Crippen LogP contribution in [0.3, 0.4) is 0 Å². The minimum absolute atomic E-state index is 0. The van der Waals surface area contributed by atoms with Gasteiger partial charge in [0.2, 0.25) is 11.6 Å². The van der Waals surface area contributed by atoms with Crippen molar-refractivity contribution >= 4 is 11.6 Å². The first-order valence-corrected chi connectivity index (χ1v) is 10.8. The topological polar surface area (TPSA) is 43.9 Å². The third-order valence-electron chi connectivity index (χ3n) is 5.30. The van der Waals surface area contributed by atoms with Gasteiger partial charge in [-0.1, -0.05) is 54.4 Å². The van der Waals surface area contributed by atoms with Crippen molar-refractivity contribution in [3.63, 3.8) is 0 Å². The molecule has 5 nitrogen and oxygen atoms in total. The summed E-state index contributed by atoms with van der Waals surface area (Å²) in [5, 5.41) is 0. The highest BCUT2D eigenvalue weighted by molar-refractivity contribution is 5.97. The maximum absolute atomic E-state index is 11.3. The smallest absolute Gasteiger partial charge is 0.208 e. The zero-order valence-corrected chi connectivity index (χ0v) is 19.5. The Hall–Kier alpha value is -1.66. The molecule has 2 rings (SSSR count). The van der Waals surface area contributed by atoms with E-state index in [0.717, 1.165) is 45.8 Å². The second-order valence-electron chi connectivity index (χ2n) is 9.07. The molecule has 2 heterocycles. The van der Waals surface area contributed by atoms with Crippen LogP contribution in [0.2, 0.25) is 0 Å². The minimum Gasteiger partial charge on any atom is -0.304 e. The van der Waals surface area contributed by atoms with Gasteiger partial charge in [0.15, 0.2) is 0 Å². The van der Waals surface area contributed by atoms with E-state index in [4.69, 9.17) is 0 Å². The van der Waals surface area contributed by atoms with Gasteiger partial charge in [-0.2, -0.15) is 0 Å². The van der Waals surface area contributed by atoms with Crippen molar-refractivity contribution in [2.45, 2.75) is 68.4 Å². The van der Waals surface area contributed by atoms with Gasteiger partial charge >= 0.3 is 0 Å². The zero-order valence-electron chi connectivity index (χ0n) is 19.5. The van der Waals surface area contributed by atoms with Crippen LogP contribution >= 0.6 is 0 Å². The van der Waals surface area contributed by atoms with Crippen LogP contribution in [-0.2, 0) is 9.59 Å². The number of carbonyl (C=O) groups is 2. The van der Waals surface area contributed by atoms with Crippen molar-refractivity contribution in [2.24, 2.45) is 11.8 Å². The summed E-state index contributed by atoms with van der Waals surface area (Å²) in [5.74, 6) is 11.6. The number of rotatable bonds is 4. The Labute approximate surface area is 192 Å². The first-order chi connectivity index (χ1) is 13.5. The largest absolute Gasteiger partial charge is 0.304 e. The maximum Gasteiger partial charge on any atom is 0.208 e. The molecule has 0 radical (unpaired) electrons. The van der Waals surface area contributed by atoms with Crippen molar-refractivity contribution in [2.75, 3.05) is 52.9 Å². The van der Waals surface area contributed by atoms with Crippen molar-refractivity contribution in [3.8, 4) is 23.7 Å². The fourth-order valence-electron chi connectivity index (χ4n) is 2.70. The Morgan fingerprint density at radius 3 is 1.74 bits per heavy atom. The molecule has 178 valence electrons. The molecule has 0 spiro atoms. The van der Waals surface area contributed by atoms with Crippen molar-refractivity contribution < 1.29 is 9.59 Å². The van der Waals surface area contributed by atoms with E-state index in [2.05, 4.69) is 59.3 Å². The predicted octanol–water partition coefficient (Wildman–Crippen LogP) is 3.43. The number of piperazine rings is 1. The molecule has 0 bridgehead atoms. The number of hydrogen-bond acceptors (Lipinski definition) is 5. The second kappa shape index (κ2) is 15.2. The van der Waals surface area contributed by atoms with Gasteiger partial charge in [-0.3, -0.25) is 19.4 Å². The zero-order chi connectivity index (χ0) is 22.0. The van der Waals surface area contributed by atoms with Gasteiger partial charge in [0.1, 0.15) is 0 Å². The van der Waals surface area contributed by atoms with Gasteiger partial charge in [0.25, 0.3) is 0 Å². The molecule has 2 saturated heterocycles. The van der Waals surface area contributed by atoms with Gasteiger partial charge in [-0.25, -0.2) is 0 Å². The first-order valence-electron chi connectivity index (χ1n) is 10.8. The lowest BCUT2D eigenvalue weighted by Gasteiger charge is -2.41. The lowest BCUT2D eigenvalue weighted by Crippen LogP contribution is -2.50. The normalized spacial score (nSPS) is 16.8. The fourth-order valence-corrected chi connectivity index (χ4v) is 2.70. The van der Waals surface area contributed by atoms with E-state index >= 15 is 0 Å². The highest BCUT2D eigenvalue weighted by atomic mass is 16.1. The van der Waals surface area contributed by atoms with E-state index in [0.29, 0.717) is 0 Å². The number of likely N-dealkylation sites (tertiary alicyclic amines) is 1. The van der Waals surface area contributed by atoms with E-state index in [9.17, 15) is 9.59 Å². The molecule has 0 amide bonds. The van der Waals surface area contributed by atoms with Gasteiger partial charge in [-0.15, -0.1) is 0 Å². The Bertz CT molecular complexity index is 662. The van der Waals surface area contributed by atoms with Gasteiger partial charge in [0, 0.05) is 51.1 Å². The summed E-state index contributed by atoms with van der Waals surface area (Å²) in [6.45, 7) is 18.9. The molecule has 0 aromatic rings. The molecule has 0 aliphatic carbocycles. The lowest BCUT2D eigenvalue weighted by atomic mass is 9.98. The molecule has 31 heavy (non-hydrogen) atoms. The molecular formula is C26H47N3O2. The van der Waals surface area contributed by atoms with E-state index in [-0.39, 0.29) is 43.8 Å². The molecule has 0 aromatic carbocycles. The number of likely N-dealkylation sites (N-methyl/N-ethyl adjacent to an activating group) is 1. The quantitative estimate of drug-likeness (QED) is 0.502. The van der Waals surface area contributed by atoms with Crippen molar-refractivity contribution in [1.82, 2.24) is 14.7 Å². The lowest BCUT2D eigenvalue weighted by molar-refractivity contribution is -0.117. The van der Waals surface area contributed by atoms with Crippen LogP contribution in [0.1, 0.15) is 62.8 Å². The monoisotopic (exact) mass is 433 g/mol. The minimum atomic E-state index is -0.136. The van der Waals surface area contributed by atoms with Crippen LogP contribution < -0.4 is 0 Å². The Morgan fingerprint density at radius 2 is 1.32 bits per heavy atom. The van der Waals surface area contributed by atoms with Crippen LogP contribution in [0.15, 0.2) is 0 Å². The van der Waals surface area contributed by atoms with Crippen LogP contribution in [0.4, 0.5) is 0 Å². The number of Topliss-reactive ketones (excluding diaryl/α,β-unsaturated/α-hetero) is 2. The average Bonchev–Trinajstić information content (AvgIpc) is 2.59. The van der Waals surface area contributed by atoms with E-state index in [1.807, 2.05) is 27.7 Å². The van der Waals surface area contributed by atoms with Crippen molar-refractivity contribution in [1.29, 1.82) is 0 Å². The molecule has 2 aliphatic rings. The number of ketones is 2. The van der Waals surface area contributed by atoms with Crippen LogP contribution in [0, 0.1) is 35.5 Å². The summed E-state index contributed by atoms with van der Waals surface area (Å²) in [7, 11) is 2.13. The summed E-state index contributed by atoms with van der Waals surface area (Å²) in [6.07, 6.45) is 1.25. The summed E-state index contributed by atoms with van der Waals surface area (Å²) in [5.41, 5.74) is -0.136. The number of nitrogens with zero attached hydrogens (tertiary/aromatic N) is 3. The summed E-state index contributed by atoms with van der Waals surface area (Å²) in [6, 6.07) is 0. The van der Waals surface area contributed by atoms with E-state index in [1.165, 1.54) is 6.42 Å². The maximum atomic E-state index is 11.3. The molecule has 2 aliphatic heterocycles. The summed E-state index contributed by atoms with van der Waals surface area (Å²) in [4.78, 5) is 29.5. The van der Waals surface area contributed by atoms with Gasteiger partial charge in [-0.05, 0) is 39.2 Å². The molecular weight excluding hydrogens is 386 g/mol. The van der Waals surface area contributed by atoms with Crippen LogP contribution in [-0.4, -0.2) is 84.7 Å². The molecule has 5 heteroatoms. The molecule has 0 aromatic heterocycles. The number of carbonyl (C=O) groups excluding carboxylic acids is 2. The summed E-state index contributed by atoms with van der Waals surface area (Å²) >= 11 is 0. The first kappa shape index (κ1) is 31.5. The number of hydrogen-bond donors (Lipinski definition) is 0. The van der Waals surface area contributed by atoms with E-state index in [1.54, 1.807) is 0 Å². The molecule has 0 atom stereocenters. The Balaban J connectivity index is 0. The highest BCUT2D eigenvalue weighted by Crippen LogP contribution is 2.20. The average molecular weight is 434 g/mol. The third kappa shape index (κ3) is 12.1. The fraction of sp³-hybridized carbons (Fsp3) is 0.769. The SMILES string of the molecule is C.C.CC(C)C(=O)C#CC(C)(C)N1CCC1.CC(C)C(=O)C#CCN1CCN(C)CC1. The van der Waals surface area contributed by atoms with E-state index < -0.39 is 0 Å². The Morgan fingerprint density at radius 1 is 0.839 bits per heavy atom. The summed E-state index contributed by atoms with van der Waals surface area (Å²) < 4.78 is 0. The highest BCUT2D eigenvalue weighted by Gasteiger charge is 2.29. The second-order valence-corrected chi connectivity index (χ2v) is 9.07.